The minimum absolute atomic E-state index is 0.971. The van der Waals surface area contributed by atoms with Gasteiger partial charge in [0.15, 0.2) is 0 Å². The van der Waals surface area contributed by atoms with Crippen LogP contribution in [-0.2, 0) is 6.42 Å². The molecule has 4 nitrogen and oxygen atoms in total. The van der Waals surface area contributed by atoms with E-state index in [1.165, 1.54) is 32.7 Å². The minimum Gasteiger partial charge on any atom is -0.372 e. The smallest absolute Gasteiger partial charge is 0.140 e. The molecule has 3 heterocycles. The monoisotopic (exact) mass is 432 g/mol. The summed E-state index contributed by atoms with van der Waals surface area (Å²) in [5.41, 5.74) is 5.00. The zero-order valence-corrected chi connectivity index (χ0v) is 19.5. The van der Waals surface area contributed by atoms with E-state index in [0.29, 0.717) is 0 Å². The summed E-state index contributed by atoms with van der Waals surface area (Å²) in [4.78, 5) is 16.4. The van der Waals surface area contributed by atoms with Crippen LogP contribution in [0.15, 0.2) is 55.5 Å². The fourth-order valence-electron chi connectivity index (χ4n) is 4.15. The second-order valence-corrected chi connectivity index (χ2v) is 9.46. The van der Waals surface area contributed by atoms with Crippen molar-refractivity contribution in [1.82, 2.24) is 14.9 Å². The SMILES string of the molecule is C=C(CCCC(=C)N1CCN(c2ncnc3sc(CC)cc23)CC1)c1ccc(C)cc1. The lowest BCUT2D eigenvalue weighted by Gasteiger charge is -2.37. The van der Waals surface area contributed by atoms with Gasteiger partial charge in [-0.25, -0.2) is 9.97 Å². The van der Waals surface area contributed by atoms with E-state index in [4.69, 9.17) is 0 Å². The number of fused-ring (bicyclic) bond motifs is 1. The van der Waals surface area contributed by atoms with Crippen molar-refractivity contribution < 1.29 is 0 Å². The number of nitrogens with zero attached hydrogens (tertiary/aromatic N) is 4. The molecule has 2 aromatic heterocycles. The molecular weight excluding hydrogens is 400 g/mol. The lowest BCUT2D eigenvalue weighted by atomic mass is 10.00. The van der Waals surface area contributed by atoms with Crippen LogP contribution in [0.5, 0.6) is 0 Å². The molecule has 1 saturated heterocycles. The van der Waals surface area contributed by atoms with Crippen LogP contribution in [-0.4, -0.2) is 41.0 Å². The molecule has 162 valence electrons. The Kier molecular flexibility index (Phi) is 6.71. The molecule has 0 bridgehead atoms. The van der Waals surface area contributed by atoms with Gasteiger partial charge in [0.05, 0.1) is 5.39 Å². The third-order valence-electron chi connectivity index (χ3n) is 6.14. The van der Waals surface area contributed by atoms with E-state index in [0.717, 1.165) is 62.5 Å². The van der Waals surface area contributed by atoms with Gasteiger partial charge in [-0.2, -0.15) is 0 Å². The zero-order valence-electron chi connectivity index (χ0n) is 18.7. The molecule has 31 heavy (non-hydrogen) atoms. The number of rotatable bonds is 8. The Morgan fingerprint density at radius 1 is 1.03 bits per heavy atom. The first-order chi connectivity index (χ1) is 15.0. The van der Waals surface area contributed by atoms with Crippen molar-refractivity contribution >= 4 is 32.9 Å². The molecule has 3 aromatic rings. The lowest BCUT2D eigenvalue weighted by Crippen LogP contribution is -2.46. The lowest BCUT2D eigenvalue weighted by molar-refractivity contribution is 0.310. The Labute approximate surface area is 189 Å². The Bertz CT molecular complexity index is 1060. The van der Waals surface area contributed by atoms with Crippen LogP contribution in [0, 0.1) is 6.92 Å². The highest BCUT2D eigenvalue weighted by molar-refractivity contribution is 7.18. The number of allylic oxidation sites excluding steroid dienone is 2. The van der Waals surface area contributed by atoms with Crippen molar-refractivity contribution in [3.63, 3.8) is 0 Å². The van der Waals surface area contributed by atoms with E-state index in [2.05, 4.69) is 77.1 Å². The topological polar surface area (TPSA) is 32.3 Å². The number of hydrogen-bond acceptors (Lipinski definition) is 5. The van der Waals surface area contributed by atoms with Crippen LogP contribution in [0.25, 0.3) is 15.8 Å². The largest absolute Gasteiger partial charge is 0.372 e. The molecule has 0 spiro atoms. The van der Waals surface area contributed by atoms with Crippen LogP contribution in [0.1, 0.15) is 42.2 Å². The Morgan fingerprint density at radius 3 is 2.48 bits per heavy atom. The fourth-order valence-corrected chi connectivity index (χ4v) is 5.08. The average molecular weight is 433 g/mol. The summed E-state index contributed by atoms with van der Waals surface area (Å²) in [6.07, 6.45) is 5.88. The van der Waals surface area contributed by atoms with E-state index in [1.807, 2.05) is 0 Å². The standard InChI is InChI=1S/C26H32N4S/c1-5-23-17-24-25(27-18-28-26(24)31-23)30-15-13-29(14-16-30)21(4)8-6-7-20(3)22-11-9-19(2)10-12-22/h9-12,17-18H,3-8,13-16H2,1-2H3. The minimum atomic E-state index is 0.971. The molecular formula is C26H32N4S. The molecule has 1 aromatic carbocycles. The maximum absolute atomic E-state index is 4.62. The van der Waals surface area contributed by atoms with Gasteiger partial charge in [-0.15, -0.1) is 11.3 Å². The number of anilines is 1. The molecule has 4 rings (SSSR count). The number of aryl methyl sites for hydroxylation is 2. The predicted molar refractivity (Wildman–Crippen MR) is 134 cm³/mol. The summed E-state index contributed by atoms with van der Waals surface area (Å²) < 4.78 is 0. The summed E-state index contributed by atoms with van der Waals surface area (Å²) in [6, 6.07) is 10.9. The van der Waals surface area contributed by atoms with E-state index in [-0.39, 0.29) is 0 Å². The summed E-state index contributed by atoms with van der Waals surface area (Å²) in [7, 11) is 0. The molecule has 1 aliphatic rings. The Hall–Kier alpha value is -2.66. The van der Waals surface area contributed by atoms with Crippen molar-refractivity contribution in [3.05, 3.63) is 71.5 Å². The second kappa shape index (κ2) is 9.65. The summed E-state index contributed by atoms with van der Waals surface area (Å²) in [5, 5.41) is 1.20. The fraction of sp³-hybridized carbons (Fsp3) is 0.385. The van der Waals surface area contributed by atoms with Crippen LogP contribution >= 0.6 is 11.3 Å². The number of benzene rings is 1. The summed E-state index contributed by atoms with van der Waals surface area (Å²) >= 11 is 1.78. The van der Waals surface area contributed by atoms with Crippen molar-refractivity contribution in [1.29, 1.82) is 0 Å². The maximum atomic E-state index is 4.62. The maximum Gasteiger partial charge on any atom is 0.140 e. The highest BCUT2D eigenvalue weighted by Gasteiger charge is 2.21. The van der Waals surface area contributed by atoms with Gasteiger partial charge in [0.25, 0.3) is 0 Å². The molecule has 0 N–H and O–H groups in total. The third kappa shape index (κ3) is 4.99. The van der Waals surface area contributed by atoms with Gasteiger partial charge in [0, 0.05) is 36.8 Å². The normalized spacial score (nSPS) is 14.3. The Balaban J connectivity index is 1.28. The Morgan fingerprint density at radius 2 is 1.77 bits per heavy atom. The van der Waals surface area contributed by atoms with Crippen molar-refractivity contribution in [2.75, 3.05) is 31.1 Å². The molecule has 0 radical (unpaired) electrons. The van der Waals surface area contributed by atoms with E-state index in [1.54, 1.807) is 17.7 Å². The first-order valence-corrected chi connectivity index (χ1v) is 12.0. The predicted octanol–water partition coefficient (Wildman–Crippen LogP) is 6.08. The second-order valence-electron chi connectivity index (χ2n) is 8.35. The van der Waals surface area contributed by atoms with Gasteiger partial charge in [0.2, 0.25) is 0 Å². The molecule has 0 amide bonds. The van der Waals surface area contributed by atoms with E-state index < -0.39 is 0 Å². The van der Waals surface area contributed by atoms with E-state index in [9.17, 15) is 0 Å². The average Bonchev–Trinajstić information content (AvgIpc) is 3.23. The highest BCUT2D eigenvalue weighted by Crippen LogP contribution is 2.31. The van der Waals surface area contributed by atoms with Crippen LogP contribution < -0.4 is 4.90 Å². The highest BCUT2D eigenvalue weighted by atomic mass is 32.1. The molecule has 0 aliphatic carbocycles. The van der Waals surface area contributed by atoms with Gasteiger partial charge < -0.3 is 9.80 Å². The molecule has 1 fully saturated rings. The van der Waals surface area contributed by atoms with Crippen LogP contribution in [0.4, 0.5) is 5.82 Å². The van der Waals surface area contributed by atoms with Crippen molar-refractivity contribution in [3.8, 4) is 0 Å². The first-order valence-electron chi connectivity index (χ1n) is 11.2. The van der Waals surface area contributed by atoms with Crippen molar-refractivity contribution in [2.45, 2.75) is 39.5 Å². The first kappa shape index (κ1) is 21.6. The molecule has 5 heteroatoms. The molecule has 0 unspecified atom stereocenters. The van der Waals surface area contributed by atoms with Gasteiger partial charge in [-0.1, -0.05) is 49.9 Å². The summed E-state index contributed by atoms with van der Waals surface area (Å²) in [6.45, 7) is 16.9. The van der Waals surface area contributed by atoms with Gasteiger partial charge in [0.1, 0.15) is 17.0 Å². The third-order valence-corrected chi connectivity index (χ3v) is 7.33. The number of aromatic nitrogens is 2. The van der Waals surface area contributed by atoms with E-state index >= 15 is 0 Å². The molecule has 0 saturated carbocycles. The molecule has 0 atom stereocenters. The molecule has 1 aliphatic heterocycles. The number of thiophene rings is 1. The van der Waals surface area contributed by atoms with Crippen molar-refractivity contribution in [2.24, 2.45) is 0 Å². The van der Waals surface area contributed by atoms with Crippen LogP contribution in [0.3, 0.4) is 0 Å². The van der Waals surface area contributed by atoms with Crippen LogP contribution in [0.2, 0.25) is 0 Å². The zero-order chi connectivity index (χ0) is 21.8. The quantitative estimate of drug-likeness (QED) is 0.432. The van der Waals surface area contributed by atoms with Gasteiger partial charge in [-0.05, 0) is 49.8 Å². The number of piperazine rings is 1. The van der Waals surface area contributed by atoms with Gasteiger partial charge in [-0.3, -0.25) is 0 Å². The summed E-state index contributed by atoms with van der Waals surface area (Å²) in [5.74, 6) is 1.08. The van der Waals surface area contributed by atoms with Gasteiger partial charge >= 0.3 is 0 Å². The number of hydrogen-bond donors (Lipinski definition) is 0.